The van der Waals surface area contributed by atoms with Gasteiger partial charge in [0, 0.05) is 10.7 Å². The zero-order chi connectivity index (χ0) is 16.1. The molecule has 0 saturated carbocycles. The predicted molar refractivity (Wildman–Crippen MR) is 86.7 cm³/mol. The van der Waals surface area contributed by atoms with E-state index < -0.39 is 11.8 Å². The van der Waals surface area contributed by atoms with Gasteiger partial charge in [-0.3, -0.25) is 9.59 Å². The number of hydrogen-bond donors (Lipinski definition) is 2. The van der Waals surface area contributed by atoms with Gasteiger partial charge in [0.2, 0.25) is 5.91 Å². The fourth-order valence-electron chi connectivity index (χ4n) is 1.56. The molecule has 2 N–H and O–H groups in total. The van der Waals surface area contributed by atoms with Gasteiger partial charge in [0.15, 0.2) is 0 Å². The van der Waals surface area contributed by atoms with Crippen LogP contribution >= 0.6 is 34.8 Å². The van der Waals surface area contributed by atoms with E-state index in [2.05, 4.69) is 15.6 Å². The lowest BCUT2D eigenvalue weighted by Crippen LogP contribution is -2.33. The van der Waals surface area contributed by atoms with Gasteiger partial charge in [-0.15, -0.1) is 0 Å². The van der Waals surface area contributed by atoms with Gasteiger partial charge in [0.05, 0.1) is 11.6 Å². The first-order valence-corrected chi connectivity index (χ1v) is 7.25. The molecule has 0 bridgehead atoms. The molecule has 0 unspecified atom stereocenters. The number of hydrogen-bond acceptors (Lipinski definition) is 3. The van der Waals surface area contributed by atoms with Crippen LogP contribution in [0.5, 0.6) is 0 Å². The zero-order valence-corrected chi connectivity index (χ0v) is 13.3. The second kappa shape index (κ2) is 7.45. The number of nitrogens with zero attached hydrogens (tertiary/aromatic N) is 1. The van der Waals surface area contributed by atoms with Crippen LogP contribution in [0.2, 0.25) is 15.2 Å². The van der Waals surface area contributed by atoms with Crippen LogP contribution < -0.4 is 10.6 Å². The maximum absolute atomic E-state index is 11.9. The number of aromatic nitrogens is 1. The molecule has 0 saturated heterocycles. The van der Waals surface area contributed by atoms with Crippen LogP contribution in [-0.2, 0) is 4.79 Å². The highest BCUT2D eigenvalue weighted by Crippen LogP contribution is 2.16. The number of rotatable bonds is 4. The lowest BCUT2D eigenvalue weighted by molar-refractivity contribution is -0.115. The Kier molecular flexibility index (Phi) is 5.60. The number of carbonyl (C=O) groups excluding carboxylic acids is 2. The SMILES string of the molecule is O=C(CNC(=O)c1nc(Cl)ccc1Cl)Nc1ccc(Cl)cc1. The van der Waals surface area contributed by atoms with Gasteiger partial charge in [-0.1, -0.05) is 34.8 Å². The van der Waals surface area contributed by atoms with E-state index in [1.807, 2.05) is 0 Å². The molecule has 0 aliphatic heterocycles. The summed E-state index contributed by atoms with van der Waals surface area (Å²) in [7, 11) is 0. The Morgan fingerprint density at radius 2 is 1.68 bits per heavy atom. The fraction of sp³-hybridized carbons (Fsp3) is 0.0714. The Morgan fingerprint density at radius 1 is 1.00 bits per heavy atom. The lowest BCUT2D eigenvalue weighted by atomic mass is 10.3. The molecule has 0 atom stereocenters. The number of pyridine rings is 1. The Hall–Kier alpha value is -1.82. The van der Waals surface area contributed by atoms with Gasteiger partial charge < -0.3 is 10.6 Å². The molecule has 0 fully saturated rings. The van der Waals surface area contributed by atoms with Gasteiger partial charge in [-0.2, -0.15) is 0 Å². The van der Waals surface area contributed by atoms with Gasteiger partial charge >= 0.3 is 0 Å². The van der Waals surface area contributed by atoms with Gasteiger partial charge in [-0.25, -0.2) is 4.98 Å². The summed E-state index contributed by atoms with van der Waals surface area (Å²) in [6, 6.07) is 9.51. The topological polar surface area (TPSA) is 71.1 Å². The highest BCUT2D eigenvalue weighted by Gasteiger charge is 2.14. The van der Waals surface area contributed by atoms with Crippen LogP contribution in [0.4, 0.5) is 5.69 Å². The molecule has 114 valence electrons. The molecule has 1 aromatic carbocycles. The molecule has 2 rings (SSSR count). The summed E-state index contributed by atoms with van der Waals surface area (Å²) < 4.78 is 0. The normalized spacial score (nSPS) is 10.1. The number of benzene rings is 1. The van der Waals surface area contributed by atoms with Crippen molar-refractivity contribution in [2.24, 2.45) is 0 Å². The van der Waals surface area contributed by atoms with Crippen molar-refractivity contribution in [2.45, 2.75) is 0 Å². The summed E-state index contributed by atoms with van der Waals surface area (Å²) in [4.78, 5) is 27.5. The van der Waals surface area contributed by atoms with E-state index in [-0.39, 0.29) is 22.4 Å². The van der Waals surface area contributed by atoms with Gasteiger partial charge in [-0.05, 0) is 36.4 Å². The summed E-state index contributed by atoms with van der Waals surface area (Å²) in [6.07, 6.45) is 0. The third-order valence-corrected chi connectivity index (χ3v) is 3.33. The average Bonchev–Trinajstić information content (AvgIpc) is 2.49. The van der Waals surface area contributed by atoms with Crippen molar-refractivity contribution < 1.29 is 9.59 Å². The highest BCUT2D eigenvalue weighted by atomic mass is 35.5. The Morgan fingerprint density at radius 3 is 2.36 bits per heavy atom. The minimum absolute atomic E-state index is 0.0338. The summed E-state index contributed by atoms with van der Waals surface area (Å²) in [5, 5.41) is 5.88. The molecular weight excluding hydrogens is 349 g/mol. The van der Waals surface area contributed by atoms with Gasteiger partial charge in [0.25, 0.3) is 5.91 Å². The first-order chi connectivity index (χ1) is 10.5. The molecular formula is C14H10Cl3N3O2. The molecule has 0 aliphatic carbocycles. The molecule has 22 heavy (non-hydrogen) atoms. The molecule has 2 amide bonds. The van der Waals surface area contributed by atoms with Crippen molar-refractivity contribution >= 4 is 52.3 Å². The predicted octanol–water partition coefficient (Wildman–Crippen LogP) is 3.41. The molecule has 2 aromatic rings. The van der Waals surface area contributed by atoms with Crippen molar-refractivity contribution in [1.82, 2.24) is 10.3 Å². The number of halogens is 3. The van der Waals surface area contributed by atoms with E-state index in [9.17, 15) is 9.59 Å². The summed E-state index contributed by atoms with van der Waals surface area (Å²) in [5.41, 5.74) is 0.538. The van der Waals surface area contributed by atoms with Crippen molar-refractivity contribution in [1.29, 1.82) is 0 Å². The third-order valence-electron chi connectivity index (χ3n) is 2.56. The number of anilines is 1. The largest absolute Gasteiger partial charge is 0.342 e. The van der Waals surface area contributed by atoms with Crippen LogP contribution in [-0.4, -0.2) is 23.3 Å². The maximum atomic E-state index is 11.9. The maximum Gasteiger partial charge on any atom is 0.271 e. The quantitative estimate of drug-likeness (QED) is 0.823. The smallest absolute Gasteiger partial charge is 0.271 e. The van der Waals surface area contributed by atoms with Crippen LogP contribution in [0.1, 0.15) is 10.5 Å². The van der Waals surface area contributed by atoms with Gasteiger partial charge in [0.1, 0.15) is 10.8 Å². The third kappa shape index (κ3) is 4.59. The molecule has 1 aromatic heterocycles. The Balaban J connectivity index is 1.91. The standard InChI is InChI=1S/C14H10Cl3N3O2/c15-8-1-3-9(4-2-8)19-12(21)7-18-14(22)13-10(16)5-6-11(17)20-13/h1-6H,7H2,(H,18,22)(H,19,21). The number of amides is 2. The fourth-order valence-corrected chi connectivity index (χ4v) is 2.02. The molecule has 5 nitrogen and oxygen atoms in total. The summed E-state index contributed by atoms with van der Waals surface area (Å²) in [6.45, 7) is -0.230. The first-order valence-electron chi connectivity index (χ1n) is 6.11. The lowest BCUT2D eigenvalue weighted by Gasteiger charge is -2.07. The molecule has 0 radical (unpaired) electrons. The van der Waals surface area contributed by atoms with Crippen molar-refractivity contribution in [3.63, 3.8) is 0 Å². The summed E-state index contributed by atoms with van der Waals surface area (Å²) in [5.74, 6) is -0.979. The molecule has 0 spiro atoms. The minimum atomic E-state index is -0.584. The second-order valence-electron chi connectivity index (χ2n) is 4.20. The van der Waals surface area contributed by atoms with Crippen molar-refractivity contribution in [3.8, 4) is 0 Å². The van der Waals surface area contributed by atoms with Crippen LogP contribution in [0.15, 0.2) is 36.4 Å². The monoisotopic (exact) mass is 357 g/mol. The highest BCUT2D eigenvalue weighted by molar-refractivity contribution is 6.34. The first kappa shape index (κ1) is 16.5. The molecule has 0 aliphatic rings. The van der Waals surface area contributed by atoms with E-state index in [4.69, 9.17) is 34.8 Å². The number of carbonyl (C=O) groups is 2. The molecule has 8 heteroatoms. The van der Waals surface area contributed by atoms with E-state index in [0.29, 0.717) is 10.7 Å². The molecule has 1 heterocycles. The minimum Gasteiger partial charge on any atom is -0.342 e. The van der Waals surface area contributed by atoms with Crippen molar-refractivity contribution in [3.05, 3.63) is 57.3 Å². The van der Waals surface area contributed by atoms with E-state index >= 15 is 0 Å². The van der Waals surface area contributed by atoms with Crippen molar-refractivity contribution in [2.75, 3.05) is 11.9 Å². The summed E-state index contributed by atoms with van der Waals surface area (Å²) >= 11 is 17.3. The number of nitrogens with one attached hydrogen (secondary N) is 2. The second-order valence-corrected chi connectivity index (χ2v) is 5.43. The van der Waals surface area contributed by atoms with Crippen LogP contribution in [0.25, 0.3) is 0 Å². The van der Waals surface area contributed by atoms with Crippen LogP contribution in [0, 0.1) is 0 Å². The van der Waals surface area contributed by atoms with Crippen LogP contribution in [0.3, 0.4) is 0 Å². The average molecular weight is 359 g/mol. The Labute approximate surface area is 141 Å². The Bertz CT molecular complexity index is 705. The van der Waals surface area contributed by atoms with E-state index in [1.54, 1.807) is 24.3 Å². The van der Waals surface area contributed by atoms with E-state index in [1.165, 1.54) is 12.1 Å². The zero-order valence-electron chi connectivity index (χ0n) is 11.1. The van der Waals surface area contributed by atoms with E-state index in [0.717, 1.165) is 0 Å².